The second-order valence-electron chi connectivity index (χ2n) is 5.19. The van der Waals surface area contributed by atoms with Crippen LogP contribution in [0.2, 0.25) is 0 Å². The van der Waals surface area contributed by atoms with Crippen LogP contribution in [0.3, 0.4) is 0 Å². The summed E-state index contributed by atoms with van der Waals surface area (Å²) in [5.74, 6) is -1.60. The average molecular weight is 279 g/mol. The summed E-state index contributed by atoms with van der Waals surface area (Å²) in [6.45, 7) is 2.89. The van der Waals surface area contributed by atoms with E-state index in [-0.39, 0.29) is 12.5 Å². The number of aliphatic hydroxyl groups is 1. The fourth-order valence-corrected chi connectivity index (χ4v) is 1.64. The molecule has 0 saturated heterocycles. The number of nitrogens with one attached hydrogen (secondary N) is 1. The third kappa shape index (κ3) is 5.40. The molecule has 0 aliphatic carbocycles. The minimum absolute atomic E-state index is 0.251. The Morgan fingerprint density at radius 1 is 1.25 bits per heavy atom. The maximum absolute atomic E-state index is 11.5. The van der Waals surface area contributed by atoms with E-state index >= 15 is 0 Å². The Morgan fingerprint density at radius 3 is 2.40 bits per heavy atom. The number of aryl methyl sites for hydroxylation is 2. The van der Waals surface area contributed by atoms with Crippen molar-refractivity contribution in [3.05, 3.63) is 35.4 Å². The SMILES string of the molecule is Cc1ccc(CCCC(=O)NCC(C)(O)C(=O)O)cc1. The number of amides is 1. The molecule has 20 heavy (non-hydrogen) atoms. The molecule has 0 fully saturated rings. The van der Waals surface area contributed by atoms with E-state index in [4.69, 9.17) is 5.11 Å². The summed E-state index contributed by atoms with van der Waals surface area (Å²) in [7, 11) is 0. The summed E-state index contributed by atoms with van der Waals surface area (Å²) in [4.78, 5) is 22.2. The Bertz CT molecular complexity index is 465. The molecule has 1 unspecified atom stereocenters. The molecule has 0 spiro atoms. The lowest BCUT2D eigenvalue weighted by atomic mass is 10.1. The van der Waals surface area contributed by atoms with Crippen molar-refractivity contribution in [2.45, 2.75) is 38.7 Å². The predicted molar refractivity (Wildman–Crippen MR) is 75.4 cm³/mol. The zero-order chi connectivity index (χ0) is 15.2. The van der Waals surface area contributed by atoms with E-state index in [9.17, 15) is 14.7 Å². The Balaban J connectivity index is 2.27. The summed E-state index contributed by atoms with van der Waals surface area (Å²) in [5, 5.41) is 20.6. The second-order valence-corrected chi connectivity index (χ2v) is 5.19. The van der Waals surface area contributed by atoms with Crippen LogP contribution >= 0.6 is 0 Å². The minimum Gasteiger partial charge on any atom is -0.479 e. The summed E-state index contributed by atoms with van der Waals surface area (Å²) < 4.78 is 0. The fraction of sp³-hybridized carbons (Fsp3) is 0.467. The van der Waals surface area contributed by atoms with Gasteiger partial charge in [-0.05, 0) is 32.3 Å². The highest BCUT2D eigenvalue weighted by Crippen LogP contribution is 2.07. The second kappa shape index (κ2) is 7.05. The van der Waals surface area contributed by atoms with Crippen molar-refractivity contribution in [2.24, 2.45) is 0 Å². The third-order valence-corrected chi connectivity index (χ3v) is 3.08. The number of hydrogen-bond acceptors (Lipinski definition) is 3. The van der Waals surface area contributed by atoms with Crippen molar-refractivity contribution in [3.63, 3.8) is 0 Å². The molecule has 1 atom stereocenters. The largest absolute Gasteiger partial charge is 0.479 e. The van der Waals surface area contributed by atoms with Crippen LogP contribution in [0, 0.1) is 6.92 Å². The van der Waals surface area contributed by atoms with Gasteiger partial charge < -0.3 is 15.5 Å². The number of carboxylic acid groups (broad SMARTS) is 1. The highest BCUT2D eigenvalue weighted by molar-refractivity contribution is 5.80. The summed E-state index contributed by atoms with van der Waals surface area (Å²) in [6.07, 6.45) is 1.79. The molecular formula is C15H21NO4. The number of carboxylic acids is 1. The molecule has 0 heterocycles. The van der Waals surface area contributed by atoms with Gasteiger partial charge in [-0.15, -0.1) is 0 Å². The molecule has 0 bridgehead atoms. The highest BCUT2D eigenvalue weighted by atomic mass is 16.4. The third-order valence-electron chi connectivity index (χ3n) is 3.08. The Morgan fingerprint density at radius 2 is 1.85 bits per heavy atom. The minimum atomic E-state index is -1.92. The summed E-state index contributed by atoms with van der Waals surface area (Å²) in [6, 6.07) is 8.11. The number of hydrogen-bond donors (Lipinski definition) is 3. The molecule has 1 aromatic rings. The average Bonchev–Trinajstić information content (AvgIpc) is 2.39. The number of benzene rings is 1. The van der Waals surface area contributed by atoms with Gasteiger partial charge in [-0.1, -0.05) is 29.8 Å². The summed E-state index contributed by atoms with van der Waals surface area (Å²) >= 11 is 0. The number of carbonyl (C=O) groups is 2. The molecule has 1 aromatic carbocycles. The van der Waals surface area contributed by atoms with E-state index in [1.165, 1.54) is 11.1 Å². The number of carbonyl (C=O) groups excluding carboxylic acids is 1. The van der Waals surface area contributed by atoms with Crippen LogP contribution in [0.5, 0.6) is 0 Å². The summed E-state index contributed by atoms with van der Waals surface area (Å²) in [5.41, 5.74) is 0.440. The van der Waals surface area contributed by atoms with Gasteiger partial charge in [0.15, 0.2) is 5.60 Å². The van der Waals surface area contributed by atoms with Crippen LogP contribution in [0.4, 0.5) is 0 Å². The maximum Gasteiger partial charge on any atom is 0.337 e. The molecule has 1 amide bonds. The van der Waals surface area contributed by atoms with Gasteiger partial charge in [-0.25, -0.2) is 4.79 Å². The van der Waals surface area contributed by atoms with E-state index in [2.05, 4.69) is 5.32 Å². The van der Waals surface area contributed by atoms with Crippen molar-refractivity contribution in [1.29, 1.82) is 0 Å². The molecule has 5 nitrogen and oxygen atoms in total. The topological polar surface area (TPSA) is 86.6 Å². The van der Waals surface area contributed by atoms with E-state index < -0.39 is 11.6 Å². The van der Waals surface area contributed by atoms with Crippen molar-refractivity contribution in [2.75, 3.05) is 6.54 Å². The van der Waals surface area contributed by atoms with Crippen LogP contribution in [-0.2, 0) is 16.0 Å². The van der Waals surface area contributed by atoms with Gasteiger partial charge >= 0.3 is 5.97 Å². The van der Waals surface area contributed by atoms with Crippen LogP contribution in [0.1, 0.15) is 30.9 Å². The van der Waals surface area contributed by atoms with Gasteiger partial charge in [-0.3, -0.25) is 4.79 Å². The highest BCUT2D eigenvalue weighted by Gasteiger charge is 2.30. The molecule has 0 aliphatic heterocycles. The molecule has 0 saturated carbocycles. The molecular weight excluding hydrogens is 258 g/mol. The molecule has 5 heteroatoms. The maximum atomic E-state index is 11.5. The van der Waals surface area contributed by atoms with Crippen molar-refractivity contribution >= 4 is 11.9 Å². The van der Waals surface area contributed by atoms with Gasteiger partial charge in [0.25, 0.3) is 0 Å². The number of rotatable bonds is 7. The van der Waals surface area contributed by atoms with Gasteiger partial charge in [0.2, 0.25) is 5.91 Å². The first kappa shape index (κ1) is 16.2. The quantitative estimate of drug-likeness (QED) is 0.701. The molecule has 3 N–H and O–H groups in total. The smallest absolute Gasteiger partial charge is 0.337 e. The lowest BCUT2D eigenvalue weighted by Crippen LogP contribution is -2.46. The molecule has 1 rings (SSSR count). The molecule has 0 aliphatic rings. The Hall–Kier alpha value is -1.88. The standard InChI is InChI=1S/C15H21NO4/c1-11-6-8-12(9-7-11)4-3-5-13(17)16-10-15(2,20)14(18)19/h6-9,20H,3-5,10H2,1-2H3,(H,16,17)(H,18,19). The first-order valence-corrected chi connectivity index (χ1v) is 6.59. The van der Waals surface area contributed by atoms with E-state index in [1.807, 2.05) is 31.2 Å². The van der Waals surface area contributed by atoms with Crippen LogP contribution in [0.15, 0.2) is 24.3 Å². The number of aliphatic carboxylic acids is 1. The lowest BCUT2D eigenvalue weighted by Gasteiger charge is -2.18. The first-order chi connectivity index (χ1) is 9.31. The zero-order valence-electron chi connectivity index (χ0n) is 11.8. The molecule has 0 radical (unpaired) electrons. The first-order valence-electron chi connectivity index (χ1n) is 6.59. The van der Waals surface area contributed by atoms with Gasteiger partial charge in [-0.2, -0.15) is 0 Å². The molecule has 110 valence electrons. The van der Waals surface area contributed by atoms with Gasteiger partial charge in [0, 0.05) is 6.42 Å². The fourth-order valence-electron chi connectivity index (χ4n) is 1.64. The van der Waals surface area contributed by atoms with E-state index in [0.717, 1.165) is 13.3 Å². The van der Waals surface area contributed by atoms with Crippen molar-refractivity contribution < 1.29 is 19.8 Å². The zero-order valence-corrected chi connectivity index (χ0v) is 11.8. The monoisotopic (exact) mass is 279 g/mol. The van der Waals surface area contributed by atoms with E-state index in [0.29, 0.717) is 12.8 Å². The van der Waals surface area contributed by atoms with Crippen molar-refractivity contribution in [3.8, 4) is 0 Å². The Kier molecular flexibility index (Phi) is 5.70. The van der Waals surface area contributed by atoms with Crippen LogP contribution in [0.25, 0.3) is 0 Å². The molecule has 0 aromatic heterocycles. The Labute approximate surface area is 118 Å². The normalized spacial score (nSPS) is 13.6. The van der Waals surface area contributed by atoms with Crippen LogP contribution < -0.4 is 5.32 Å². The van der Waals surface area contributed by atoms with Gasteiger partial charge in [0.05, 0.1) is 6.54 Å². The van der Waals surface area contributed by atoms with Crippen LogP contribution in [-0.4, -0.2) is 34.2 Å². The van der Waals surface area contributed by atoms with E-state index in [1.54, 1.807) is 0 Å². The van der Waals surface area contributed by atoms with Crippen molar-refractivity contribution in [1.82, 2.24) is 5.32 Å². The predicted octanol–water partition coefficient (Wildman–Crippen LogP) is 1.27. The van der Waals surface area contributed by atoms with Gasteiger partial charge in [0.1, 0.15) is 0 Å². The lowest BCUT2D eigenvalue weighted by molar-refractivity contribution is -0.156.